The van der Waals surface area contributed by atoms with Crippen LogP contribution in [0.4, 0.5) is 0 Å². The largest absolute Gasteiger partial charge is 0.377 e. The number of alkyl halides is 1. The first kappa shape index (κ1) is 12.6. The van der Waals surface area contributed by atoms with Crippen molar-refractivity contribution in [1.82, 2.24) is 0 Å². The molecule has 82 valence electrons. The highest BCUT2D eigenvalue weighted by molar-refractivity contribution is 8.14. The van der Waals surface area contributed by atoms with E-state index in [1.165, 1.54) is 11.8 Å². The van der Waals surface area contributed by atoms with Gasteiger partial charge in [0.05, 0.1) is 0 Å². The third-order valence-electron chi connectivity index (χ3n) is 1.96. The van der Waals surface area contributed by atoms with E-state index < -0.39 is 5.56 Å². The monoisotopic (exact) mass is 244 g/mol. The van der Waals surface area contributed by atoms with Gasteiger partial charge in [0.2, 0.25) is 5.12 Å². The molecular formula is C11H13ClO2S. The van der Waals surface area contributed by atoms with Crippen LogP contribution in [0.5, 0.6) is 0 Å². The molecule has 0 saturated carbocycles. The SMILES string of the molecule is CC(CSC(=O)c1ccccc1)C(O)Cl. The number of rotatable bonds is 4. The Labute approximate surface area is 98.6 Å². The molecule has 1 aromatic carbocycles. The Hall–Kier alpha value is -0.510. The summed E-state index contributed by atoms with van der Waals surface area (Å²) in [5.74, 6) is 0.433. The van der Waals surface area contributed by atoms with Gasteiger partial charge in [-0.25, -0.2) is 0 Å². The normalized spacial score (nSPS) is 14.6. The Morgan fingerprint density at radius 2 is 2.07 bits per heavy atom. The maximum absolute atomic E-state index is 11.6. The van der Waals surface area contributed by atoms with Gasteiger partial charge in [0.1, 0.15) is 5.56 Å². The summed E-state index contributed by atoms with van der Waals surface area (Å²) in [6.45, 7) is 1.81. The van der Waals surface area contributed by atoms with Crippen LogP contribution >= 0.6 is 23.4 Å². The fourth-order valence-corrected chi connectivity index (χ4v) is 2.04. The Kier molecular flexibility index (Phi) is 5.15. The third kappa shape index (κ3) is 4.24. The number of hydrogen-bond donors (Lipinski definition) is 1. The highest BCUT2D eigenvalue weighted by atomic mass is 35.5. The quantitative estimate of drug-likeness (QED) is 0.828. The number of thioether (sulfide) groups is 1. The summed E-state index contributed by atoms with van der Waals surface area (Å²) in [5.41, 5.74) is -0.208. The number of aliphatic hydroxyl groups is 1. The van der Waals surface area contributed by atoms with Crippen molar-refractivity contribution in [3.8, 4) is 0 Å². The molecule has 0 heterocycles. The second-order valence-electron chi connectivity index (χ2n) is 3.31. The summed E-state index contributed by atoms with van der Waals surface area (Å²) in [6.07, 6.45) is 0. The predicted octanol–water partition coefficient (Wildman–Crippen LogP) is 2.75. The number of hydrogen-bond acceptors (Lipinski definition) is 3. The van der Waals surface area contributed by atoms with Gasteiger partial charge in [-0.05, 0) is 0 Å². The first-order valence-corrected chi connectivity index (χ1v) is 6.07. The minimum atomic E-state index is -0.888. The topological polar surface area (TPSA) is 37.3 Å². The van der Waals surface area contributed by atoms with Crippen molar-refractivity contribution in [2.45, 2.75) is 12.5 Å². The second kappa shape index (κ2) is 6.16. The molecule has 1 rings (SSSR count). The number of carbonyl (C=O) groups excluding carboxylic acids is 1. The molecule has 0 amide bonds. The molecule has 0 aliphatic rings. The summed E-state index contributed by atoms with van der Waals surface area (Å²) in [5, 5.41) is 9.06. The van der Waals surface area contributed by atoms with Gasteiger partial charge in [-0.1, -0.05) is 60.6 Å². The molecule has 15 heavy (non-hydrogen) atoms. The molecule has 2 atom stereocenters. The number of carbonyl (C=O) groups is 1. The molecule has 0 aliphatic heterocycles. The molecule has 0 bridgehead atoms. The maximum atomic E-state index is 11.6. The lowest BCUT2D eigenvalue weighted by atomic mass is 10.2. The van der Waals surface area contributed by atoms with E-state index in [0.29, 0.717) is 11.3 Å². The van der Waals surface area contributed by atoms with E-state index in [0.717, 1.165) is 0 Å². The van der Waals surface area contributed by atoms with Gasteiger partial charge >= 0.3 is 0 Å². The van der Waals surface area contributed by atoms with Crippen LogP contribution in [0.3, 0.4) is 0 Å². The van der Waals surface area contributed by atoms with Gasteiger partial charge in [0.25, 0.3) is 0 Å². The first-order chi connectivity index (χ1) is 7.11. The Bertz CT molecular complexity index is 314. The second-order valence-corrected chi connectivity index (χ2v) is 4.75. The fourth-order valence-electron chi connectivity index (χ4n) is 0.944. The van der Waals surface area contributed by atoms with Gasteiger partial charge in [0, 0.05) is 17.2 Å². The number of benzene rings is 1. The van der Waals surface area contributed by atoms with Crippen LogP contribution < -0.4 is 0 Å². The van der Waals surface area contributed by atoms with Crippen LogP contribution in [-0.2, 0) is 0 Å². The van der Waals surface area contributed by atoms with Gasteiger partial charge in [-0.2, -0.15) is 0 Å². The Balaban J connectivity index is 2.44. The van der Waals surface area contributed by atoms with Gasteiger partial charge in [-0.3, -0.25) is 4.79 Å². The zero-order chi connectivity index (χ0) is 11.3. The Morgan fingerprint density at radius 1 is 1.47 bits per heavy atom. The molecule has 4 heteroatoms. The average Bonchev–Trinajstić information content (AvgIpc) is 2.26. The average molecular weight is 245 g/mol. The lowest BCUT2D eigenvalue weighted by Gasteiger charge is -2.11. The Morgan fingerprint density at radius 3 is 2.60 bits per heavy atom. The molecular weight excluding hydrogens is 232 g/mol. The van der Waals surface area contributed by atoms with Crippen molar-refractivity contribution in [2.24, 2.45) is 5.92 Å². The van der Waals surface area contributed by atoms with Gasteiger partial charge in [-0.15, -0.1) is 0 Å². The smallest absolute Gasteiger partial charge is 0.219 e. The van der Waals surface area contributed by atoms with Crippen molar-refractivity contribution < 1.29 is 9.90 Å². The zero-order valence-corrected chi connectivity index (χ0v) is 9.96. The minimum absolute atomic E-state index is 0.0137. The number of aliphatic hydroxyl groups excluding tert-OH is 1. The molecule has 2 unspecified atom stereocenters. The predicted molar refractivity (Wildman–Crippen MR) is 64.3 cm³/mol. The molecule has 0 saturated heterocycles. The third-order valence-corrected chi connectivity index (χ3v) is 3.58. The standard InChI is InChI=1S/C11H13ClO2S/c1-8(10(12)13)7-15-11(14)9-5-3-2-4-6-9/h2-6,8,10,13H,7H2,1H3. The van der Waals surface area contributed by atoms with Crippen molar-refractivity contribution in [3.05, 3.63) is 35.9 Å². The van der Waals surface area contributed by atoms with Crippen molar-refractivity contribution in [2.75, 3.05) is 5.75 Å². The summed E-state index contributed by atoms with van der Waals surface area (Å²) in [4.78, 5) is 11.6. The van der Waals surface area contributed by atoms with Crippen LogP contribution in [0.15, 0.2) is 30.3 Å². The van der Waals surface area contributed by atoms with E-state index in [2.05, 4.69) is 0 Å². The van der Waals surface area contributed by atoms with Crippen LogP contribution in [0.25, 0.3) is 0 Å². The molecule has 1 aromatic rings. The van der Waals surface area contributed by atoms with E-state index >= 15 is 0 Å². The fraction of sp³-hybridized carbons (Fsp3) is 0.364. The van der Waals surface area contributed by atoms with Crippen LogP contribution in [0.1, 0.15) is 17.3 Å². The molecule has 2 nitrogen and oxygen atoms in total. The van der Waals surface area contributed by atoms with E-state index in [1.54, 1.807) is 12.1 Å². The van der Waals surface area contributed by atoms with Crippen molar-refractivity contribution >= 4 is 28.5 Å². The highest BCUT2D eigenvalue weighted by Gasteiger charge is 2.14. The molecule has 0 radical (unpaired) electrons. The van der Waals surface area contributed by atoms with Crippen molar-refractivity contribution in [1.29, 1.82) is 0 Å². The lowest BCUT2D eigenvalue weighted by Crippen LogP contribution is -2.13. The summed E-state index contributed by atoms with van der Waals surface area (Å²) in [7, 11) is 0. The molecule has 0 aliphatic carbocycles. The van der Waals surface area contributed by atoms with Crippen LogP contribution in [-0.4, -0.2) is 21.5 Å². The first-order valence-electron chi connectivity index (χ1n) is 4.65. The van der Waals surface area contributed by atoms with Gasteiger partial charge in [0.15, 0.2) is 0 Å². The molecule has 1 N–H and O–H groups in total. The molecule has 0 fully saturated rings. The lowest BCUT2D eigenvalue weighted by molar-refractivity contribution is 0.108. The van der Waals surface area contributed by atoms with Crippen molar-refractivity contribution in [3.63, 3.8) is 0 Å². The zero-order valence-electron chi connectivity index (χ0n) is 8.39. The van der Waals surface area contributed by atoms with E-state index in [1.807, 2.05) is 25.1 Å². The highest BCUT2D eigenvalue weighted by Crippen LogP contribution is 2.18. The molecule has 0 aromatic heterocycles. The van der Waals surface area contributed by atoms with Gasteiger partial charge < -0.3 is 5.11 Å². The molecule has 0 spiro atoms. The summed E-state index contributed by atoms with van der Waals surface area (Å²) in [6, 6.07) is 9.07. The van der Waals surface area contributed by atoms with E-state index in [-0.39, 0.29) is 11.0 Å². The van der Waals surface area contributed by atoms with Crippen LogP contribution in [0, 0.1) is 5.92 Å². The van der Waals surface area contributed by atoms with E-state index in [4.69, 9.17) is 16.7 Å². The maximum Gasteiger partial charge on any atom is 0.219 e. The number of halogens is 1. The summed E-state index contributed by atoms with van der Waals surface area (Å²) < 4.78 is 0. The summed E-state index contributed by atoms with van der Waals surface area (Å²) >= 11 is 6.67. The van der Waals surface area contributed by atoms with Crippen LogP contribution in [0.2, 0.25) is 0 Å². The minimum Gasteiger partial charge on any atom is -0.377 e. The van der Waals surface area contributed by atoms with E-state index in [9.17, 15) is 4.79 Å².